The highest BCUT2D eigenvalue weighted by atomic mass is 16.7. The van der Waals surface area contributed by atoms with E-state index in [0.717, 1.165) is 11.3 Å². The van der Waals surface area contributed by atoms with Crippen LogP contribution in [0.3, 0.4) is 0 Å². The van der Waals surface area contributed by atoms with E-state index in [9.17, 15) is 9.70 Å². The summed E-state index contributed by atoms with van der Waals surface area (Å²) < 4.78 is 21.1. The molecule has 9 nitrogen and oxygen atoms in total. The van der Waals surface area contributed by atoms with E-state index < -0.39 is 5.91 Å². The standard InChI is InChI=1S/C19H17N3O6/c1-25-15-4-3-11(7-16(15)26-2)13-5-6-22(20-13)19(23)12-8-17-18(28-10-27-17)9-14(12)21-24/h3-4,7-9H,5-6,10H2,1-2H3. The fourth-order valence-corrected chi connectivity index (χ4v) is 3.14. The van der Waals surface area contributed by atoms with Gasteiger partial charge in [0.05, 0.1) is 32.0 Å². The van der Waals surface area contributed by atoms with Gasteiger partial charge < -0.3 is 18.9 Å². The normalized spacial score (nSPS) is 14.6. The van der Waals surface area contributed by atoms with E-state index in [1.165, 1.54) is 17.1 Å². The van der Waals surface area contributed by atoms with Crippen molar-refractivity contribution in [3.8, 4) is 23.0 Å². The average Bonchev–Trinajstić information content (AvgIpc) is 3.40. The SMILES string of the molecule is COc1ccc(C2=NN(C(=O)c3cc4c(cc3N=O)OCO4)CC2)cc1OC. The maximum atomic E-state index is 12.9. The molecule has 0 spiro atoms. The van der Waals surface area contributed by atoms with Crippen LogP contribution in [-0.2, 0) is 0 Å². The largest absolute Gasteiger partial charge is 0.493 e. The molecule has 0 fully saturated rings. The van der Waals surface area contributed by atoms with Crippen molar-refractivity contribution in [3.63, 3.8) is 0 Å². The number of nitroso groups, excluding NO2 is 1. The van der Waals surface area contributed by atoms with Gasteiger partial charge in [0.25, 0.3) is 5.91 Å². The van der Waals surface area contributed by atoms with Crippen LogP contribution in [0.25, 0.3) is 0 Å². The number of fused-ring (bicyclic) bond motifs is 1. The fraction of sp³-hybridized carbons (Fsp3) is 0.263. The van der Waals surface area contributed by atoms with Gasteiger partial charge in [-0.3, -0.25) is 4.79 Å². The Morgan fingerprint density at radius 1 is 1.11 bits per heavy atom. The Kier molecular flexibility index (Phi) is 4.56. The molecule has 144 valence electrons. The first kappa shape index (κ1) is 17.8. The zero-order chi connectivity index (χ0) is 19.7. The first-order chi connectivity index (χ1) is 13.6. The number of ether oxygens (including phenoxy) is 4. The third-order valence-electron chi connectivity index (χ3n) is 4.57. The minimum Gasteiger partial charge on any atom is -0.493 e. The highest BCUT2D eigenvalue weighted by Gasteiger charge is 2.28. The van der Waals surface area contributed by atoms with Crippen LogP contribution in [0.5, 0.6) is 23.0 Å². The van der Waals surface area contributed by atoms with Gasteiger partial charge in [0.15, 0.2) is 23.0 Å². The fourth-order valence-electron chi connectivity index (χ4n) is 3.14. The molecule has 9 heteroatoms. The predicted octanol–water partition coefficient (Wildman–Crippen LogP) is 3.08. The predicted molar refractivity (Wildman–Crippen MR) is 99.8 cm³/mol. The lowest BCUT2D eigenvalue weighted by Gasteiger charge is -2.12. The molecule has 0 saturated carbocycles. The summed E-state index contributed by atoms with van der Waals surface area (Å²) in [5, 5.41) is 8.69. The summed E-state index contributed by atoms with van der Waals surface area (Å²) in [4.78, 5) is 24.1. The van der Waals surface area contributed by atoms with Crippen LogP contribution in [0.15, 0.2) is 40.6 Å². The summed E-state index contributed by atoms with van der Waals surface area (Å²) in [7, 11) is 3.12. The Labute approximate surface area is 160 Å². The number of amides is 1. The second-order valence-electron chi connectivity index (χ2n) is 6.11. The monoisotopic (exact) mass is 383 g/mol. The number of hydrazone groups is 1. The van der Waals surface area contributed by atoms with Crippen LogP contribution < -0.4 is 18.9 Å². The van der Waals surface area contributed by atoms with Crippen molar-refractivity contribution in [2.24, 2.45) is 10.3 Å². The third kappa shape index (κ3) is 3.00. The van der Waals surface area contributed by atoms with Gasteiger partial charge in [0, 0.05) is 18.1 Å². The van der Waals surface area contributed by atoms with Crippen LogP contribution in [0.4, 0.5) is 5.69 Å². The minimum atomic E-state index is -0.427. The Bertz CT molecular complexity index is 988. The van der Waals surface area contributed by atoms with E-state index in [4.69, 9.17) is 18.9 Å². The third-order valence-corrected chi connectivity index (χ3v) is 4.57. The molecule has 0 radical (unpaired) electrons. The van der Waals surface area contributed by atoms with Gasteiger partial charge in [-0.15, -0.1) is 4.91 Å². The Balaban J connectivity index is 1.63. The smallest absolute Gasteiger partial charge is 0.276 e. The maximum absolute atomic E-state index is 12.9. The minimum absolute atomic E-state index is 0.0102. The molecule has 2 aromatic carbocycles. The van der Waals surface area contributed by atoms with E-state index in [0.29, 0.717) is 36.0 Å². The summed E-state index contributed by atoms with van der Waals surface area (Å²) >= 11 is 0. The second-order valence-corrected chi connectivity index (χ2v) is 6.11. The number of hydrogen-bond acceptors (Lipinski definition) is 8. The molecule has 0 N–H and O–H groups in total. The summed E-state index contributed by atoms with van der Waals surface area (Å²) in [6.45, 7) is 0.422. The molecule has 0 aliphatic carbocycles. The molecule has 1 amide bonds. The molecule has 2 aromatic rings. The van der Waals surface area contributed by atoms with Crippen molar-refractivity contribution in [2.75, 3.05) is 27.6 Å². The molecule has 0 saturated heterocycles. The molecule has 2 aliphatic rings. The lowest BCUT2D eigenvalue weighted by Crippen LogP contribution is -2.23. The molecule has 2 heterocycles. The molecule has 0 aromatic heterocycles. The number of benzene rings is 2. The molecule has 4 rings (SSSR count). The van der Waals surface area contributed by atoms with Crippen molar-refractivity contribution in [3.05, 3.63) is 46.4 Å². The number of carbonyl (C=O) groups is 1. The van der Waals surface area contributed by atoms with Gasteiger partial charge in [-0.1, -0.05) is 0 Å². The Morgan fingerprint density at radius 3 is 2.57 bits per heavy atom. The van der Waals surface area contributed by atoms with Gasteiger partial charge in [-0.2, -0.15) is 5.10 Å². The molecule has 0 unspecified atom stereocenters. The van der Waals surface area contributed by atoms with Crippen LogP contribution in [-0.4, -0.2) is 44.2 Å². The zero-order valence-electron chi connectivity index (χ0n) is 15.3. The topological polar surface area (TPSA) is 99.0 Å². The van der Waals surface area contributed by atoms with Crippen LogP contribution in [0, 0.1) is 4.91 Å². The number of nitrogens with zero attached hydrogens (tertiary/aromatic N) is 3. The maximum Gasteiger partial charge on any atom is 0.276 e. The van der Waals surface area contributed by atoms with Crippen LogP contribution in [0.1, 0.15) is 22.3 Å². The van der Waals surface area contributed by atoms with Crippen molar-refractivity contribution >= 4 is 17.3 Å². The van der Waals surface area contributed by atoms with Gasteiger partial charge in [0.2, 0.25) is 6.79 Å². The highest BCUT2D eigenvalue weighted by Crippen LogP contribution is 2.39. The summed E-state index contributed by atoms with van der Waals surface area (Å²) in [5.74, 6) is 1.56. The number of hydrogen-bond donors (Lipinski definition) is 0. The molecule has 0 bridgehead atoms. The van der Waals surface area contributed by atoms with Crippen molar-refractivity contribution in [1.82, 2.24) is 5.01 Å². The van der Waals surface area contributed by atoms with Gasteiger partial charge in [0.1, 0.15) is 5.69 Å². The van der Waals surface area contributed by atoms with Gasteiger partial charge in [-0.05, 0) is 29.4 Å². The van der Waals surface area contributed by atoms with Gasteiger partial charge >= 0.3 is 0 Å². The van der Waals surface area contributed by atoms with Crippen LogP contribution in [0.2, 0.25) is 0 Å². The van der Waals surface area contributed by atoms with E-state index in [1.54, 1.807) is 20.3 Å². The lowest BCUT2D eigenvalue weighted by molar-refractivity contribution is 0.0778. The van der Waals surface area contributed by atoms with Crippen LogP contribution >= 0.6 is 0 Å². The van der Waals surface area contributed by atoms with E-state index >= 15 is 0 Å². The molecule has 2 aliphatic heterocycles. The van der Waals surface area contributed by atoms with Gasteiger partial charge in [-0.25, -0.2) is 5.01 Å². The Hall–Kier alpha value is -3.62. The van der Waals surface area contributed by atoms with Crippen molar-refractivity contribution in [2.45, 2.75) is 6.42 Å². The van der Waals surface area contributed by atoms with E-state index in [2.05, 4.69) is 10.3 Å². The Morgan fingerprint density at radius 2 is 1.86 bits per heavy atom. The summed E-state index contributed by atoms with van der Waals surface area (Å²) in [6.07, 6.45) is 0.565. The number of carbonyl (C=O) groups excluding carboxylic acids is 1. The second kappa shape index (κ2) is 7.18. The van der Waals surface area contributed by atoms with Crippen molar-refractivity contribution < 1.29 is 23.7 Å². The van der Waals surface area contributed by atoms with E-state index in [-0.39, 0.29) is 18.0 Å². The molecular formula is C19H17N3O6. The molecular weight excluding hydrogens is 366 g/mol. The van der Waals surface area contributed by atoms with Crippen molar-refractivity contribution in [1.29, 1.82) is 0 Å². The lowest BCUT2D eigenvalue weighted by atomic mass is 10.1. The first-order valence-corrected chi connectivity index (χ1v) is 8.53. The first-order valence-electron chi connectivity index (χ1n) is 8.53. The summed E-state index contributed by atoms with van der Waals surface area (Å²) in [5.41, 5.74) is 1.67. The molecule has 28 heavy (non-hydrogen) atoms. The summed E-state index contributed by atoms with van der Waals surface area (Å²) in [6, 6.07) is 8.31. The zero-order valence-corrected chi connectivity index (χ0v) is 15.3. The quantitative estimate of drug-likeness (QED) is 0.736. The number of methoxy groups -OCH3 is 2. The highest BCUT2D eigenvalue weighted by molar-refractivity contribution is 6.06. The number of rotatable bonds is 5. The van der Waals surface area contributed by atoms with E-state index in [1.807, 2.05) is 12.1 Å². The average molecular weight is 383 g/mol. The molecule has 0 atom stereocenters.